The first-order valence-electron chi connectivity index (χ1n) is 10.4. The van der Waals surface area contributed by atoms with Crippen LogP contribution in [0.3, 0.4) is 0 Å². The van der Waals surface area contributed by atoms with Gasteiger partial charge in [-0.2, -0.15) is 16.5 Å². The number of carbonyl (C=O) groups is 1. The molecule has 0 aliphatic heterocycles. The van der Waals surface area contributed by atoms with E-state index >= 15 is 0 Å². The van der Waals surface area contributed by atoms with Crippen molar-refractivity contribution in [1.29, 1.82) is 0 Å². The van der Waals surface area contributed by atoms with Gasteiger partial charge in [-0.15, -0.1) is 11.3 Å². The third kappa shape index (κ3) is 4.59. The molecule has 4 rings (SSSR count). The van der Waals surface area contributed by atoms with Crippen molar-refractivity contribution in [3.8, 4) is 10.4 Å². The maximum absolute atomic E-state index is 13.4. The van der Waals surface area contributed by atoms with Crippen molar-refractivity contribution in [3.05, 3.63) is 77.3 Å². The number of aliphatic carboxylic acids is 1. The lowest BCUT2D eigenvalue weighted by Crippen LogP contribution is -2.49. The van der Waals surface area contributed by atoms with E-state index in [1.165, 1.54) is 6.07 Å². The molecule has 9 heteroatoms. The molecular weight excluding hydrogens is 498 g/mol. The van der Waals surface area contributed by atoms with E-state index in [9.17, 15) is 18.3 Å². The molecule has 0 spiro atoms. The predicted molar refractivity (Wildman–Crippen MR) is 136 cm³/mol. The number of halogens is 1. The third-order valence-corrected chi connectivity index (χ3v) is 10.6. The van der Waals surface area contributed by atoms with Gasteiger partial charge in [0.25, 0.3) is 10.0 Å². The normalized spacial score (nSPS) is 22.4. The molecule has 1 heterocycles. The summed E-state index contributed by atoms with van der Waals surface area (Å²) in [6.07, 6.45) is 0.202. The molecular formula is C24H24ClNO4S3. The van der Waals surface area contributed by atoms with Gasteiger partial charge in [0.05, 0.1) is 0 Å². The lowest BCUT2D eigenvalue weighted by molar-refractivity contribution is -0.140. The molecule has 1 saturated carbocycles. The van der Waals surface area contributed by atoms with Crippen LogP contribution >= 0.6 is 34.7 Å². The van der Waals surface area contributed by atoms with Gasteiger partial charge < -0.3 is 5.11 Å². The molecule has 1 fully saturated rings. The highest BCUT2D eigenvalue weighted by Crippen LogP contribution is 2.60. The van der Waals surface area contributed by atoms with Crippen LogP contribution in [0, 0.1) is 0 Å². The zero-order valence-electron chi connectivity index (χ0n) is 18.1. The maximum Gasteiger partial charge on any atom is 0.325 e. The Morgan fingerprint density at radius 2 is 1.79 bits per heavy atom. The number of carboxylic acids is 1. The standard InChI is InChI=1S/C24H24ClNO4S3/c1-16(2)31-15-23(18-6-4-3-5-7-18)14-24(23,22(27)28)26-33(29,30)21-13-12-20(32-21)17-8-10-19(25)11-9-17/h3-13,16,26H,14-15H2,1-2H3,(H,27,28). The molecule has 0 bridgehead atoms. The highest BCUT2D eigenvalue weighted by Gasteiger charge is 2.74. The minimum Gasteiger partial charge on any atom is -0.480 e. The summed E-state index contributed by atoms with van der Waals surface area (Å²) < 4.78 is 29.4. The summed E-state index contributed by atoms with van der Waals surface area (Å²) in [6.45, 7) is 4.09. The molecule has 0 radical (unpaired) electrons. The van der Waals surface area contributed by atoms with Crippen LogP contribution in [0.4, 0.5) is 0 Å². The first-order chi connectivity index (χ1) is 15.6. The molecule has 0 saturated heterocycles. The van der Waals surface area contributed by atoms with Crippen LogP contribution < -0.4 is 4.72 Å². The Bertz CT molecular complexity index is 1260. The van der Waals surface area contributed by atoms with E-state index in [1.54, 1.807) is 30.0 Å². The predicted octanol–water partition coefficient (Wildman–Crippen LogP) is 5.65. The van der Waals surface area contributed by atoms with E-state index in [4.69, 9.17) is 11.6 Å². The van der Waals surface area contributed by atoms with E-state index in [1.807, 2.05) is 56.3 Å². The third-order valence-electron chi connectivity index (χ3n) is 5.90. The second kappa shape index (κ2) is 9.07. The topological polar surface area (TPSA) is 83.5 Å². The summed E-state index contributed by atoms with van der Waals surface area (Å²) in [5, 5.41) is 11.1. The quantitative estimate of drug-likeness (QED) is 0.380. The van der Waals surface area contributed by atoms with Crippen LogP contribution in [0.5, 0.6) is 0 Å². The lowest BCUT2D eigenvalue weighted by atomic mass is 9.92. The average molecular weight is 522 g/mol. The number of thiophene rings is 1. The Morgan fingerprint density at radius 1 is 1.12 bits per heavy atom. The smallest absolute Gasteiger partial charge is 0.325 e. The van der Waals surface area contributed by atoms with Crippen LogP contribution in [0.2, 0.25) is 5.02 Å². The summed E-state index contributed by atoms with van der Waals surface area (Å²) in [4.78, 5) is 13.3. The molecule has 174 valence electrons. The van der Waals surface area contributed by atoms with Gasteiger partial charge in [0.2, 0.25) is 0 Å². The molecule has 5 nitrogen and oxygen atoms in total. The molecule has 0 amide bonds. The van der Waals surface area contributed by atoms with Gasteiger partial charge in [0, 0.05) is 21.1 Å². The van der Waals surface area contributed by atoms with Crippen molar-refractivity contribution in [2.24, 2.45) is 0 Å². The summed E-state index contributed by atoms with van der Waals surface area (Å²) >= 11 is 8.68. The summed E-state index contributed by atoms with van der Waals surface area (Å²) in [7, 11) is -4.06. The zero-order valence-corrected chi connectivity index (χ0v) is 21.3. The van der Waals surface area contributed by atoms with Gasteiger partial charge in [0.15, 0.2) is 0 Å². The van der Waals surface area contributed by atoms with Crippen molar-refractivity contribution in [1.82, 2.24) is 4.72 Å². The molecule has 1 aliphatic rings. The number of nitrogens with one attached hydrogen (secondary N) is 1. The fraction of sp³-hybridized carbons (Fsp3) is 0.292. The van der Waals surface area contributed by atoms with E-state index in [0.29, 0.717) is 10.8 Å². The van der Waals surface area contributed by atoms with Crippen LogP contribution in [0.1, 0.15) is 25.8 Å². The summed E-state index contributed by atoms with van der Waals surface area (Å²) in [5.41, 5.74) is -0.744. The van der Waals surface area contributed by atoms with Gasteiger partial charge in [-0.3, -0.25) is 4.79 Å². The van der Waals surface area contributed by atoms with E-state index in [-0.39, 0.29) is 15.9 Å². The Hall–Kier alpha value is -1.84. The van der Waals surface area contributed by atoms with Crippen molar-refractivity contribution in [3.63, 3.8) is 0 Å². The van der Waals surface area contributed by atoms with Crippen molar-refractivity contribution < 1.29 is 18.3 Å². The average Bonchev–Trinajstić information content (AvgIpc) is 3.15. The van der Waals surface area contributed by atoms with Crippen molar-refractivity contribution in [2.75, 3.05) is 5.75 Å². The number of sulfonamides is 1. The van der Waals surface area contributed by atoms with E-state index in [0.717, 1.165) is 27.3 Å². The molecule has 2 atom stereocenters. The molecule has 33 heavy (non-hydrogen) atoms. The van der Waals surface area contributed by atoms with Crippen molar-refractivity contribution >= 4 is 50.7 Å². The van der Waals surface area contributed by atoms with Gasteiger partial charge >= 0.3 is 5.97 Å². The van der Waals surface area contributed by atoms with Crippen LogP contribution in [0.25, 0.3) is 10.4 Å². The number of rotatable bonds is 9. The minimum absolute atomic E-state index is 0.0819. The monoisotopic (exact) mass is 521 g/mol. The fourth-order valence-corrected chi connectivity index (χ4v) is 8.05. The SMILES string of the molecule is CC(C)SCC1(c2ccccc2)CC1(NS(=O)(=O)c1ccc(-c2ccc(Cl)cc2)s1)C(=O)O. The van der Waals surface area contributed by atoms with Crippen LogP contribution in [-0.4, -0.2) is 36.0 Å². The Balaban J connectivity index is 1.68. The maximum atomic E-state index is 13.4. The van der Waals surface area contributed by atoms with E-state index in [2.05, 4.69) is 4.72 Å². The van der Waals surface area contributed by atoms with Crippen LogP contribution in [-0.2, 0) is 20.2 Å². The van der Waals surface area contributed by atoms with Gasteiger partial charge in [0.1, 0.15) is 9.75 Å². The summed E-state index contributed by atoms with van der Waals surface area (Å²) in [5.74, 6) is -0.655. The second-order valence-corrected chi connectivity index (χ2v) is 13.4. The van der Waals surface area contributed by atoms with Crippen LogP contribution in [0.15, 0.2) is 70.9 Å². The van der Waals surface area contributed by atoms with Crippen molar-refractivity contribution in [2.45, 2.75) is 40.7 Å². The Labute approximate surface area is 207 Å². The number of benzene rings is 2. The Morgan fingerprint density at radius 3 is 2.39 bits per heavy atom. The van der Waals surface area contributed by atoms with Gasteiger partial charge in [-0.05, 0) is 47.1 Å². The Kier molecular flexibility index (Phi) is 6.68. The lowest BCUT2D eigenvalue weighted by Gasteiger charge is -2.25. The second-order valence-electron chi connectivity index (χ2n) is 8.43. The molecule has 2 aromatic carbocycles. The highest BCUT2D eigenvalue weighted by molar-refractivity contribution is 7.99. The molecule has 3 aromatic rings. The van der Waals surface area contributed by atoms with E-state index < -0.39 is 26.9 Å². The largest absolute Gasteiger partial charge is 0.480 e. The fourth-order valence-electron chi connectivity index (χ4n) is 4.05. The number of hydrogen-bond acceptors (Lipinski definition) is 5. The molecule has 1 aliphatic carbocycles. The molecule has 2 N–H and O–H groups in total. The first kappa shape index (κ1) is 24.3. The summed E-state index contributed by atoms with van der Waals surface area (Å²) in [6, 6.07) is 19.7. The number of hydrogen-bond donors (Lipinski definition) is 2. The van der Waals surface area contributed by atoms with Gasteiger partial charge in [-0.25, -0.2) is 8.42 Å². The molecule has 1 aromatic heterocycles. The van der Waals surface area contributed by atoms with Gasteiger partial charge in [-0.1, -0.05) is 67.9 Å². The molecule has 2 unspecified atom stereocenters. The first-order valence-corrected chi connectivity index (χ1v) is 14.1. The number of carboxylic acid groups (broad SMARTS) is 1. The highest BCUT2D eigenvalue weighted by atomic mass is 35.5. The minimum atomic E-state index is -4.06. The zero-order chi connectivity index (χ0) is 23.9. The number of thioether (sulfide) groups is 1.